The maximum absolute atomic E-state index is 7.74. The summed E-state index contributed by atoms with van der Waals surface area (Å²) in [6.07, 6.45) is 6.94. The van der Waals surface area contributed by atoms with Crippen LogP contribution >= 0.6 is 0 Å². The number of furan rings is 1. The molecule has 3 nitrogen and oxygen atoms in total. The first kappa shape index (κ1) is 47.5. The highest BCUT2D eigenvalue weighted by Gasteiger charge is 2.51. The molecule has 12 rings (SSSR count). The molecule has 0 unspecified atom stereocenters. The van der Waals surface area contributed by atoms with E-state index in [-0.39, 0.29) is 44.6 Å². The summed E-state index contributed by atoms with van der Waals surface area (Å²) in [5.41, 5.74) is 27.6. The van der Waals surface area contributed by atoms with Crippen LogP contribution in [0.15, 0.2) is 101 Å². The Morgan fingerprint density at radius 3 is 1.49 bits per heavy atom. The number of hydrogen-bond acceptors (Lipinski definition) is 3. The Labute approximate surface area is 432 Å². The fourth-order valence-corrected chi connectivity index (χ4v) is 14.3. The molecule has 0 atom stereocenters. The second kappa shape index (κ2) is 15.1. The van der Waals surface area contributed by atoms with Crippen molar-refractivity contribution >= 4 is 68.4 Å². The molecule has 0 spiro atoms. The minimum absolute atomic E-state index is 0.0100. The van der Waals surface area contributed by atoms with Crippen molar-refractivity contribution in [3.05, 3.63) is 147 Å². The van der Waals surface area contributed by atoms with Gasteiger partial charge in [-0.15, -0.1) is 0 Å². The third kappa shape index (κ3) is 6.88. The zero-order chi connectivity index (χ0) is 51.2. The highest BCUT2D eigenvalue weighted by atomic mass is 16.3. The van der Waals surface area contributed by atoms with Gasteiger partial charge in [-0.25, -0.2) is 0 Å². The smallest absolute Gasteiger partial charge is 0.297 e. The summed E-state index contributed by atoms with van der Waals surface area (Å²) < 4.78 is 7.74. The third-order valence-corrected chi connectivity index (χ3v) is 19.4. The van der Waals surface area contributed by atoms with Crippen molar-refractivity contribution < 1.29 is 4.42 Å². The molecule has 6 aromatic carbocycles. The quantitative estimate of drug-likeness (QED) is 0.165. The molecular weight excluding hydrogens is 872 g/mol. The van der Waals surface area contributed by atoms with E-state index in [9.17, 15) is 0 Å². The Balaban J connectivity index is 1.25. The van der Waals surface area contributed by atoms with E-state index in [0.29, 0.717) is 0 Å². The fourth-order valence-electron chi connectivity index (χ4n) is 14.3. The van der Waals surface area contributed by atoms with Gasteiger partial charge in [0.15, 0.2) is 0 Å². The summed E-state index contributed by atoms with van der Waals surface area (Å²) in [4.78, 5) is 5.35. The summed E-state index contributed by atoms with van der Waals surface area (Å²) in [5, 5.41) is 1.22. The molecule has 0 bridgehead atoms. The molecular formula is C68H79BN2O. The first-order valence-corrected chi connectivity index (χ1v) is 27.5. The molecule has 0 saturated carbocycles. The molecule has 0 fully saturated rings. The van der Waals surface area contributed by atoms with Crippen LogP contribution in [0, 0.1) is 13.8 Å². The second-order valence-electron chi connectivity index (χ2n) is 28.3. The maximum atomic E-state index is 7.74. The van der Waals surface area contributed by atoms with Crippen molar-refractivity contribution in [2.75, 3.05) is 9.80 Å². The maximum Gasteiger partial charge on any atom is 0.297 e. The van der Waals surface area contributed by atoms with Gasteiger partial charge in [0.1, 0.15) is 5.58 Å². The third-order valence-electron chi connectivity index (χ3n) is 19.4. The Kier molecular flexibility index (Phi) is 9.95. The minimum atomic E-state index is -0.131. The number of rotatable bonds is 3. The Morgan fingerprint density at radius 2 is 0.944 bits per heavy atom. The average molecular weight is 951 g/mol. The van der Waals surface area contributed by atoms with Crippen LogP contribution in [-0.4, -0.2) is 6.71 Å². The van der Waals surface area contributed by atoms with Crippen LogP contribution < -0.4 is 26.4 Å². The van der Waals surface area contributed by atoms with Crippen molar-refractivity contribution in [1.29, 1.82) is 0 Å². The van der Waals surface area contributed by atoms with Crippen molar-refractivity contribution in [1.82, 2.24) is 0 Å². The normalized spacial score (nSPS) is 20.3. The SMILES string of the molecule is Cc1cc2c3c(c1)N(c1ccc(C(C)(C)C)cc1)c1c(oc4cc5c(cc14)C(C)(C)CCC5(C)C)B3c1cc3c(cc1N2c1cc2c(cc1-c1ccccc1C)C(C)(C)CCC2(C)C)C(C)(C)CCC3(C)C. The van der Waals surface area contributed by atoms with Crippen LogP contribution in [0.25, 0.3) is 22.1 Å². The molecule has 1 aromatic heterocycles. The van der Waals surface area contributed by atoms with Crippen molar-refractivity contribution in [3.63, 3.8) is 0 Å². The molecule has 370 valence electrons. The van der Waals surface area contributed by atoms with Crippen LogP contribution in [0.3, 0.4) is 0 Å². The van der Waals surface area contributed by atoms with E-state index in [4.69, 9.17) is 4.42 Å². The first-order chi connectivity index (χ1) is 33.6. The topological polar surface area (TPSA) is 19.6 Å². The number of anilines is 6. The largest absolute Gasteiger partial charge is 0.468 e. The van der Waals surface area contributed by atoms with Crippen molar-refractivity contribution in [2.45, 2.75) is 194 Å². The summed E-state index contributed by atoms with van der Waals surface area (Å²) >= 11 is 0. The van der Waals surface area contributed by atoms with Crippen molar-refractivity contribution in [2.24, 2.45) is 0 Å². The van der Waals surface area contributed by atoms with Crippen LogP contribution in [0.5, 0.6) is 0 Å². The van der Waals surface area contributed by atoms with Gasteiger partial charge in [-0.05, 0) is 211 Å². The number of fused-ring (bicyclic) bond motifs is 9. The van der Waals surface area contributed by atoms with Gasteiger partial charge in [0.2, 0.25) is 0 Å². The molecule has 0 saturated heterocycles. The summed E-state index contributed by atoms with van der Waals surface area (Å²) in [7, 11) is 0. The van der Waals surface area contributed by atoms with E-state index in [1.807, 2.05) is 0 Å². The van der Waals surface area contributed by atoms with Crippen LogP contribution in [0.4, 0.5) is 34.1 Å². The highest BCUT2D eigenvalue weighted by molar-refractivity contribution is 7.00. The zero-order valence-electron chi connectivity index (χ0n) is 46.9. The molecule has 0 radical (unpaired) electrons. The molecule has 4 heteroatoms. The van der Waals surface area contributed by atoms with E-state index >= 15 is 0 Å². The first-order valence-electron chi connectivity index (χ1n) is 27.5. The van der Waals surface area contributed by atoms with Gasteiger partial charge < -0.3 is 14.2 Å². The second-order valence-corrected chi connectivity index (χ2v) is 28.3. The molecule has 2 aliphatic heterocycles. The molecule has 0 amide bonds. The minimum Gasteiger partial charge on any atom is -0.468 e. The average Bonchev–Trinajstić information content (AvgIpc) is 3.68. The monoisotopic (exact) mass is 951 g/mol. The lowest BCUT2D eigenvalue weighted by Gasteiger charge is -2.47. The molecule has 0 N–H and O–H groups in total. The molecule has 7 aromatic rings. The Bertz CT molecular complexity index is 3440. The van der Waals surface area contributed by atoms with E-state index < -0.39 is 0 Å². The summed E-state index contributed by atoms with van der Waals surface area (Å²) in [6, 6.07) is 39.2. The predicted octanol–water partition coefficient (Wildman–Crippen LogP) is 17.1. The fraction of sp³-hybridized carbons (Fsp3) is 0.441. The van der Waals surface area contributed by atoms with Gasteiger partial charge in [0, 0.05) is 33.7 Å². The van der Waals surface area contributed by atoms with E-state index in [1.54, 1.807) is 0 Å². The van der Waals surface area contributed by atoms with Gasteiger partial charge in [-0.3, -0.25) is 0 Å². The number of hydrogen-bond donors (Lipinski definition) is 0. The van der Waals surface area contributed by atoms with Crippen LogP contribution in [0.2, 0.25) is 0 Å². The lowest BCUT2D eigenvalue weighted by Crippen LogP contribution is -2.61. The summed E-state index contributed by atoms with van der Waals surface area (Å²) in [6.45, 7) is 41.1. The lowest BCUT2D eigenvalue weighted by atomic mass is 9.35. The van der Waals surface area contributed by atoms with Crippen LogP contribution in [0.1, 0.15) is 192 Å². The number of aryl methyl sites for hydroxylation is 2. The van der Waals surface area contributed by atoms with E-state index in [2.05, 4.69) is 225 Å². The van der Waals surface area contributed by atoms with Gasteiger partial charge in [0.05, 0.1) is 17.0 Å². The van der Waals surface area contributed by atoms with E-state index in [0.717, 1.165) is 43.3 Å². The molecule has 3 aliphatic carbocycles. The van der Waals surface area contributed by atoms with Crippen LogP contribution in [-0.2, 0) is 37.9 Å². The van der Waals surface area contributed by atoms with Gasteiger partial charge in [0.25, 0.3) is 6.71 Å². The highest BCUT2D eigenvalue weighted by Crippen LogP contribution is 2.56. The van der Waals surface area contributed by atoms with E-state index in [1.165, 1.54) is 118 Å². The summed E-state index contributed by atoms with van der Waals surface area (Å²) in [5.74, 6) is 0. The zero-order valence-corrected chi connectivity index (χ0v) is 46.9. The number of benzene rings is 6. The van der Waals surface area contributed by atoms with Crippen molar-refractivity contribution in [3.8, 4) is 11.1 Å². The Morgan fingerprint density at radius 1 is 0.472 bits per heavy atom. The molecule has 72 heavy (non-hydrogen) atoms. The molecule has 5 aliphatic rings. The molecule has 3 heterocycles. The van der Waals surface area contributed by atoms with Gasteiger partial charge in [-0.2, -0.15) is 0 Å². The van der Waals surface area contributed by atoms with Gasteiger partial charge >= 0.3 is 0 Å². The predicted molar refractivity (Wildman–Crippen MR) is 310 cm³/mol. The lowest BCUT2D eigenvalue weighted by molar-refractivity contribution is 0.332. The number of nitrogens with zero attached hydrogens (tertiary/aromatic N) is 2. The Hall–Kier alpha value is -5.48. The van der Waals surface area contributed by atoms with Gasteiger partial charge in [-0.1, -0.05) is 146 Å². The standard InChI is InChI=1S/C68H79BN2O/c1-40-32-56-59-57(33-40)71(54-37-50-47(63(6,7)26-29-66(50,12)13)34-45(54)44-21-19-18-20-41(44)2)55-38-51-49(65(10,11)28-30-67(51,14)15)36-53(55)69(59)61-60(70(56)43-24-22-42(23-25-43)62(3,4)5)46-35-48-52(39-58(46)72-61)68(16,17)31-27-64(48,8)9/h18-25,32-39H,26-31H2,1-17H3.